The molecule has 0 bridgehead atoms. The van der Waals surface area contributed by atoms with Crippen LogP contribution in [0.1, 0.15) is 400 Å². The van der Waals surface area contributed by atoms with Crippen molar-refractivity contribution in [2.45, 2.75) is 418 Å². The molecule has 0 spiro atoms. The minimum Gasteiger partial charge on any atom is -0.462 e. The predicted octanol–water partition coefficient (Wildman–Crippen LogP) is 23.9. The van der Waals surface area contributed by atoms with E-state index in [-0.39, 0.29) is 25.7 Å². The molecule has 100 heavy (non-hydrogen) atoms. The zero-order chi connectivity index (χ0) is 73.2. The zero-order valence-corrected chi connectivity index (χ0v) is 66.2. The van der Waals surface area contributed by atoms with Crippen LogP contribution < -0.4 is 0 Å². The largest absolute Gasteiger partial charge is 0.472 e. The predicted molar refractivity (Wildman–Crippen MR) is 409 cm³/mol. The molecule has 0 aromatic heterocycles. The van der Waals surface area contributed by atoms with Gasteiger partial charge in [-0.2, -0.15) is 0 Å². The smallest absolute Gasteiger partial charge is 0.462 e. The van der Waals surface area contributed by atoms with Gasteiger partial charge in [0.1, 0.15) is 19.3 Å². The van der Waals surface area contributed by atoms with E-state index in [0.717, 1.165) is 128 Å². The molecule has 0 fully saturated rings. The number of carbonyl (C=O) groups excluding carboxylic acids is 4. The molecule has 0 amide bonds. The molecule has 0 aromatic rings. The van der Waals surface area contributed by atoms with E-state index in [1.165, 1.54) is 193 Å². The lowest BCUT2D eigenvalue weighted by Crippen LogP contribution is -2.30. The van der Waals surface area contributed by atoms with E-state index in [2.05, 4.69) is 64.2 Å². The van der Waals surface area contributed by atoms with E-state index in [9.17, 15) is 43.2 Å². The highest BCUT2D eigenvalue weighted by Crippen LogP contribution is 2.45. The Morgan fingerprint density at radius 2 is 0.490 bits per heavy atom. The first-order valence-corrected chi connectivity index (χ1v) is 44.2. The number of unbranched alkanes of at least 4 members (excludes halogenated alkanes) is 47. The quantitative estimate of drug-likeness (QED) is 0.0169. The van der Waals surface area contributed by atoms with Crippen molar-refractivity contribution in [2.24, 2.45) is 0 Å². The van der Waals surface area contributed by atoms with E-state index < -0.39 is 97.5 Å². The molecule has 588 valence electrons. The number of aliphatic hydroxyl groups is 1. The lowest BCUT2D eigenvalue weighted by molar-refractivity contribution is -0.161. The van der Waals surface area contributed by atoms with Crippen LogP contribution in [-0.4, -0.2) is 96.7 Å². The van der Waals surface area contributed by atoms with Gasteiger partial charge in [-0.3, -0.25) is 37.3 Å². The molecule has 0 heterocycles. The molecule has 0 saturated heterocycles. The molecule has 3 N–H and O–H groups in total. The van der Waals surface area contributed by atoms with Crippen molar-refractivity contribution in [3.63, 3.8) is 0 Å². The summed E-state index contributed by atoms with van der Waals surface area (Å²) < 4.78 is 68.7. The number of esters is 4. The summed E-state index contributed by atoms with van der Waals surface area (Å²) in [6.45, 7) is 4.93. The Bertz CT molecular complexity index is 2040. The number of phosphoric ester groups is 2. The van der Waals surface area contributed by atoms with Crippen LogP contribution in [0.25, 0.3) is 0 Å². The second-order valence-electron chi connectivity index (χ2n) is 28.1. The van der Waals surface area contributed by atoms with E-state index >= 15 is 0 Å². The van der Waals surface area contributed by atoms with Crippen LogP contribution in [-0.2, 0) is 65.4 Å². The Labute approximate surface area is 611 Å². The van der Waals surface area contributed by atoms with Gasteiger partial charge < -0.3 is 33.8 Å². The highest BCUT2D eigenvalue weighted by atomic mass is 31.2. The summed E-state index contributed by atoms with van der Waals surface area (Å²) in [4.78, 5) is 73.0. The maximum atomic E-state index is 13.1. The topological polar surface area (TPSA) is 237 Å². The van der Waals surface area contributed by atoms with Crippen molar-refractivity contribution in [1.82, 2.24) is 0 Å². The van der Waals surface area contributed by atoms with Crippen LogP contribution in [0, 0.1) is 0 Å². The lowest BCUT2D eigenvalue weighted by atomic mass is 10.0. The Kier molecular flexibility index (Phi) is 72.5. The van der Waals surface area contributed by atoms with Crippen molar-refractivity contribution >= 4 is 39.5 Å². The Balaban J connectivity index is 5.31. The van der Waals surface area contributed by atoms with Crippen molar-refractivity contribution in [1.29, 1.82) is 0 Å². The molecule has 0 aliphatic carbocycles. The highest BCUT2D eigenvalue weighted by Gasteiger charge is 2.30. The second-order valence-corrected chi connectivity index (χ2v) is 31.0. The summed E-state index contributed by atoms with van der Waals surface area (Å²) in [5.74, 6) is -2.14. The molecular weight excluding hydrogens is 1310 g/mol. The fourth-order valence-electron chi connectivity index (χ4n) is 11.8. The molecule has 5 atom stereocenters. The fraction of sp³-hybridized carbons (Fsp3) is 0.877. The summed E-state index contributed by atoms with van der Waals surface area (Å²) in [7, 11) is -9.94. The Morgan fingerprint density at radius 3 is 0.780 bits per heavy atom. The number of hydrogen-bond acceptors (Lipinski definition) is 15. The zero-order valence-electron chi connectivity index (χ0n) is 64.4. The number of rotatable bonds is 79. The van der Waals surface area contributed by atoms with Crippen LogP contribution in [0.3, 0.4) is 0 Å². The minimum atomic E-state index is -4.97. The third kappa shape index (κ3) is 73.6. The maximum Gasteiger partial charge on any atom is 0.472 e. The van der Waals surface area contributed by atoms with Crippen LogP contribution in [0.4, 0.5) is 0 Å². The number of carbonyl (C=O) groups is 4. The number of allylic oxidation sites excluding steroid dienone is 6. The van der Waals surface area contributed by atoms with Gasteiger partial charge in [0.05, 0.1) is 26.4 Å². The molecule has 0 rings (SSSR count). The second kappa shape index (κ2) is 74.5. The van der Waals surface area contributed by atoms with Crippen LogP contribution in [0.15, 0.2) is 36.5 Å². The van der Waals surface area contributed by atoms with Crippen molar-refractivity contribution in [3.05, 3.63) is 36.5 Å². The molecular formula is C81H152O17P2. The molecule has 0 radical (unpaired) electrons. The van der Waals surface area contributed by atoms with Crippen molar-refractivity contribution < 1.29 is 80.2 Å². The van der Waals surface area contributed by atoms with Gasteiger partial charge in [-0.15, -0.1) is 0 Å². The molecule has 0 aliphatic rings. The monoisotopic (exact) mass is 1460 g/mol. The van der Waals surface area contributed by atoms with Crippen LogP contribution in [0.2, 0.25) is 0 Å². The van der Waals surface area contributed by atoms with E-state index in [4.69, 9.17) is 37.0 Å². The van der Waals surface area contributed by atoms with E-state index in [1.807, 2.05) is 0 Å². The summed E-state index contributed by atoms with van der Waals surface area (Å²) in [6.07, 6.45) is 71.0. The third-order valence-electron chi connectivity index (χ3n) is 18.1. The fourth-order valence-corrected chi connectivity index (χ4v) is 13.4. The summed E-state index contributed by atoms with van der Waals surface area (Å²) >= 11 is 0. The average molecular weight is 1460 g/mol. The third-order valence-corrected chi connectivity index (χ3v) is 20.0. The minimum absolute atomic E-state index is 0.0845. The Hall–Kier alpha value is -2.72. The highest BCUT2D eigenvalue weighted by molar-refractivity contribution is 7.47. The number of hydrogen-bond donors (Lipinski definition) is 3. The number of aliphatic hydroxyl groups excluding tert-OH is 1. The number of ether oxygens (including phenoxy) is 4. The maximum absolute atomic E-state index is 13.1. The van der Waals surface area contributed by atoms with Gasteiger partial charge in [0.25, 0.3) is 0 Å². The molecule has 0 aromatic carbocycles. The average Bonchev–Trinajstić information content (AvgIpc) is 1.25. The molecule has 0 aliphatic heterocycles. The van der Waals surface area contributed by atoms with Gasteiger partial charge in [0.2, 0.25) is 0 Å². The molecule has 0 saturated carbocycles. The summed E-state index contributed by atoms with van der Waals surface area (Å²) in [6, 6.07) is 0. The van der Waals surface area contributed by atoms with Gasteiger partial charge in [0, 0.05) is 25.7 Å². The van der Waals surface area contributed by atoms with Crippen molar-refractivity contribution in [2.75, 3.05) is 39.6 Å². The van der Waals surface area contributed by atoms with E-state index in [1.54, 1.807) is 0 Å². The Morgan fingerprint density at radius 1 is 0.280 bits per heavy atom. The van der Waals surface area contributed by atoms with Gasteiger partial charge in [-0.05, 0) is 83.5 Å². The van der Waals surface area contributed by atoms with Gasteiger partial charge in [0.15, 0.2) is 12.2 Å². The van der Waals surface area contributed by atoms with Gasteiger partial charge >= 0.3 is 39.5 Å². The molecule has 2 unspecified atom stereocenters. The SMILES string of the molecule is CCCCC/C=C\C/C=C\CCCCCCCC(=O)O[C@H](COC(=O)CCCCCCCCC/C=C\CCCCCC)COP(=O)(O)OC[C@@H](O)COP(=O)(O)OC[C@@H](COC(=O)CCCCCCCCCCCCCCCCC)OC(=O)CCCCCCCCCCCCCCCCC. The number of phosphoric acid groups is 2. The van der Waals surface area contributed by atoms with Gasteiger partial charge in [-0.1, -0.05) is 327 Å². The summed E-state index contributed by atoms with van der Waals surface area (Å²) in [5, 5.41) is 10.6. The van der Waals surface area contributed by atoms with Crippen molar-refractivity contribution in [3.8, 4) is 0 Å². The normalized spacial score (nSPS) is 14.0. The first-order chi connectivity index (χ1) is 48.7. The van der Waals surface area contributed by atoms with E-state index in [0.29, 0.717) is 25.7 Å². The van der Waals surface area contributed by atoms with Crippen LogP contribution in [0.5, 0.6) is 0 Å². The van der Waals surface area contributed by atoms with Crippen LogP contribution >= 0.6 is 15.6 Å². The lowest BCUT2D eigenvalue weighted by Gasteiger charge is -2.21. The molecule has 17 nitrogen and oxygen atoms in total. The van der Waals surface area contributed by atoms with Gasteiger partial charge in [-0.25, -0.2) is 9.13 Å². The standard InChI is InChI=1S/C81H152O17P2/c1-5-9-13-17-21-25-29-33-37-41-45-49-53-57-61-65-78(83)91-71-76(97-80(85)67-63-59-55-51-47-43-39-35-31-27-23-19-15-11-7-3)73-95-99(87,88)93-69-75(82)70-94-100(89,90)96-74-77(98-81(86)68-64-60-56-52-48-44-40-36-32-28-24-20-16-12-8-4)72-92-79(84)66-62-58-54-50-46-42-38-34-30-26-22-18-14-10-6-2/h23,25,27,29,35,39,75-77,82H,5-22,24,26,28,30-34,36-38,40-74H2,1-4H3,(H,87,88)(H,89,90)/b27-23-,29-25-,39-35-/t75-,76-,77-/m1/s1. The first kappa shape index (κ1) is 97.3. The first-order valence-electron chi connectivity index (χ1n) is 41.2. The summed E-state index contributed by atoms with van der Waals surface area (Å²) in [5.41, 5.74) is 0. The molecule has 19 heteroatoms.